The highest BCUT2D eigenvalue weighted by atomic mass is 32.1. The fourth-order valence-corrected chi connectivity index (χ4v) is 12.2. The molecule has 0 aromatic rings. The van der Waals surface area contributed by atoms with E-state index in [2.05, 4.69) is 94.6 Å². The maximum absolute atomic E-state index is 7.06. The second-order valence-corrected chi connectivity index (χ2v) is 19.2. The van der Waals surface area contributed by atoms with E-state index in [1.165, 1.54) is 38.5 Å². The summed E-state index contributed by atoms with van der Waals surface area (Å²) in [6, 6.07) is 0. The Balaban J connectivity index is 1.38. The smallest absolute Gasteiger partial charge is 0.112 e. The van der Waals surface area contributed by atoms with Crippen LogP contribution < -0.4 is 5.73 Å². The van der Waals surface area contributed by atoms with Gasteiger partial charge >= 0.3 is 0 Å². The Morgan fingerprint density at radius 2 is 1.80 bits per heavy atom. The largest absolute Gasteiger partial charge is 0.495 e. The number of hydrogen-bond acceptors (Lipinski definition) is 4. The van der Waals surface area contributed by atoms with Crippen LogP contribution in [0.4, 0.5) is 0 Å². The van der Waals surface area contributed by atoms with E-state index < -0.39 is 0 Å². The molecule has 2 N–H and O–H groups in total. The first-order chi connectivity index (χ1) is 20.4. The van der Waals surface area contributed by atoms with E-state index >= 15 is 0 Å². The summed E-state index contributed by atoms with van der Waals surface area (Å²) >= 11 is 5.94. The van der Waals surface area contributed by atoms with Gasteiger partial charge in [0.1, 0.15) is 5.60 Å². The van der Waals surface area contributed by atoms with Crippen LogP contribution in [0.1, 0.15) is 128 Å². The Kier molecular flexibility index (Phi) is 8.03. The number of rotatable bonds is 8. The third-order valence-electron chi connectivity index (χ3n) is 15.7. The van der Waals surface area contributed by atoms with Crippen molar-refractivity contribution < 1.29 is 9.47 Å². The lowest BCUT2D eigenvalue weighted by Crippen LogP contribution is -2.65. The molecule has 0 amide bonds. The number of fused-ring (bicyclic) bond motifs is 5. The standard InChI is InChI=1S/C40H65NO2S/c1-24(2)28(8)39-17-16-36(10)31-12-13-33(40(44,26(5)6)32(31)14-15-38(36,22-39)18-19-43-39)35(9)21-29-20-30(27(29)7)34(35)42-23-37(11,41)25(3)4/h14,18-19,24-26,28-29,31,33-34,44H,12-13,15-17,20-23,41H2,1-11H3/t28-,29?,31?,33?,34?,35+,36?,37?,38-,39-,40?/m1/s1. The van der Waals surface area contributed by atoms with Crippen LogP contribution in [0.15, 0.2) is 35.1 Å². The molecule has 7 unspecified atom stereocenters. The molecular weight excluding hydrogens is 559 g/mol. The molecule has 4 heteroatoms. The van der Waals surface area contributed by atoms with Crippen molar-refractivity contribution in [3.63, 3.8) is 0 Å². The van der Waals surface area contributed by atoms with E-state index in [4.69, 9.17) is 27.8 Å². The highest BCUT2D eigenvalue weighted by molar-refractivity contribution is 7.82. The molecule has 11 atom stereocenters. The molecule has 3 fully saturated rings. The van der Waals surface area contributed by atoms with E-state index in [1.54, 1.807) is 16.7 Å². The maximum atomic E-state index is 7.06. The highest BCUT2D eigenvalue weighted by Gasteiger charge is 2.68. The summed E-state index contributed by atoms with van der Waals surface area (Å²) in [5.74, 6) is 3.71. The van der Waals surface area contributed by atoms with Crippen molar-refractivity contribution >= 4 is 12.6 Å². The summed E-state index contributed by atoms with van der Waals surface area (Å²) in [7, 11) is 0. The summed E-state index contributed by atoms with van der Waals surface area (Å²) in [4.78, 5) is 0. The molecule has 3 saturated carbocycles. The van der Waals surface area contributed by atoms with Crippen molar-refractivity contribution in [1.82, 2.24) is 0 Å². The van der Waals surface area contributed by atoms with Crippen LogP contribution in [-0.2, 0) is 9.47 Å². The van der Waals surface area contributed by atoms with Crippen LogP contribution in [0.3, 0.4) is 0 Å². The number of thiol groups is 1. The van der Waals surface area contributed by atoms with E-state index in [0.29, 0.717) is 48.0 Å². The number of hydrogen-bond donors (Lipinski definition) is 2. The molecule has 0 saturated heterocycles. The van der Waals surface area contributed by atoms with Crippen LogP contribution in [0.2, 0.25) is 0 Å². The van der Waals surface area contributed by atoms with Crippen molar-refractivity contribution in [3.05, 3.63) is 35.1 Å². The fourth-order valence-electron chi connectivity index (χ4n) is 11.5. The molecule has 1 heterocycles. The normalized spacial score (nSPS) is 46.6. The molecule has 4 bridgehead atoms. The summed E-state index contributed by atoms with van der Waals surface area (Å²) < 4.78 is 13.5. The summed E-state index contributed by atoms with van der Waals surface area (Å²) in [5.41, 5.74) is 11.7. The van der Waals surface area contributed by atoms with Gasteiger partial charge in [-0.25, -0.2) is 0 Å². The van der Waals surface area contributed by atoms with Crippen LogP contribution in [0, 0.1) is 57.7 Å². The topological polar surface area (TPSA) is 44.5 Å². The van der Waals surface area contributed by atoms with Gasteiger partial charge in [0.25, 0.3) is 0 Å². The van der Waals surface area contributed by atoms with Gasteiger partial charge in [-0.2, -0.15) is 12.6 Å². The van der Waals surface area contributed by atoms with Crippen molar-refractivity contribution in [2.75, 3.05) is 6.61 Å². The monoisotopic (exact) mass is 623 g/mol. The Morgan fingerprint density at radius 1 is 1.09 bits per heavy atom. The molecule has 44 heavy (non-hydrogen) atoms. The zero-order chi connectivity index (χ0) is 32.3. The predicted octanol–water partition coefficient (Wildman–Crippen LogP) is 9.92. The van der Waals surface area contributed by atoms with Gasteiger partial charge in [-0.1, -0.05) is 79.5 Å². The number of nitrogens with two attached hydrogens (primary N) is 1. The van der Waals surface area contributed by atoms with Gasteiger partial charge in [0, 0.05) is 21.1 Å². The van der Waals surface area contributed by atoms with Gasteiger partial charge in [-0.3, -0.25) is 0 Å². The van der Waals surface area contributed by atoms with Crippen molar-refractivity contribution in [2.45, 2.75) is 150 Å². The fraction of sp³-hybridized carbons (Fsp3) is 0.850. The maximum Gasteiger partial charge on any atom is 0.112 e. The summed E-state index contributed by atoms with van der Waals surface area (Å²) in [5, 5.41) is 0. The summed E-state index contributed by atoms with van der Waals surface area (Å²) in [6.07, 6.45) is 17.1. The minimum Gasteiger partial charge on any atom is -0.495 e. The average Bonchev–Trinajstić information content (AvgIpc) is 2.96. The Bertz CT molecular complexity index is 1250. The molecule has 248 valence electrons. The molecule has 1 aliphatic heterocycles. The first-order valence-electron chi connectivity index (χ1n) is 18.3. The quantitative estimate of drug-likeness (QED) is 0.209. The lowest BCUT2D eigenvalue weighted by molar-refractivity contribution is -0.174. The second kappa shape index (κ2) is 10.6. The van der Waals surface area contributed by atoms with Crippen LogP contribution in [0.5, 0.6) is 0 Å². The third kappa shape index (κ3) is 4.41. The molecule has 0 aromatic heterocycles. The average molecular weight is 624 g/mol. The van der Waals surface area contributed by atoms with Gasteiger partial charge in [0.2, 0.25) is 0 Å². The number of allylic oxidation sites excluding steroid dienone is 3. The van der Waals surface area contributed by atoms with E-state index in [-0.39, 0.29) is 38.2 Å². The van der Waals surface area contributed by atoms with Crippen molar-refractivity contribution in [3.8, 4) is 0 Å². The minimum absolute atomic E-state index is 0.0265. The first-order valence-corrected chi connectivity index (χ1v) is 18.7. The zero-order valence-corrected chi connectivity index (χ0v) is 31.0. The summed E-state index contributed by atoms with van der Waals surface area (Å²) in [6.45, 7) is 26.9. The first kappa shape index (κ1) is 33.2. The lowest BCUT2D eigenvalue weighted by Gasteiger charge is -2.69. The predicted molar refractivity (Wildman–Crippen MR) is 188 cm³/mol. The Morgan fingerprint density at radius 3 is 2.41 bits per heavy atom. The van der Waals surface area contributed by atoms with Gasteiger partial charge in [-0.15, -0.1) is 0 Å². The van der Waals surface area contributed by atoms with Gasteiger partial charge in [0.15, 0.2) is 0 Å². The second-order valence-electron chi connectivity index (χ2n) is 18.5. The molecule has 7 rings (SSSR count). The highest BCUT2D eigenvalue weighted by Crippen LogP contribution is 2.73. The minimum atomic E-state index is -0.334. The molecule has 1 spiro atoms. The third-order valence-corrected chi connectivity index (χ3v) is 16.7. The molecule has 6 aliphatic carbocycles. The molecular formula is C40H65NO2S. The van der Waals surface area contributed by atoms with Crippen molar-refractivity contribution in [2.24, 2.45) is 63.4 Å². The van der Waals surface area contributed by atoms with Gasteiger partial charge < -0.3 is 15.2 Å². The lowest BCUT2D eigenvalue weighted by atomic mass is 9.39. The van der Waals surface area contributed by atoms with E-state index in [1.807, 2.05) is 0 Å². The van der Waals surface area contributed by atoms with Crippen LogP contribution >= 0.6 is 12.6 Å². The van der Waals surface area contributed by atoms with Gasteiger partial charge in [-0.05, 0) is 124 Å². The number of ether oxygens (including phenoxy) is 2. The van der Waals surface area contributed by atoms with Crippen LogP contribution in [-0.4, -0.2) is 28.6 Å². The van der Waals surface area contributed by atoms with E-state index in [0.717, 1.165) is 12.8 Å². The molecule has 7 aliphatic rings. The van der Waals surface area contributed by atoms with Gasteiger partial charge in [0.05, 0.1) is 19.0 Å². The SMILES string of the molecule is CC1=C2CC1C[C@@](C)(C1CCC3C(=CC[C@]45C=CO[C@]([C@H](C)C(C)C)(CCC34C)C5)C1(S)C(C)C)C2OCC(C)(N)C(C)C. The zero-order valence-electron chi connectivity index (χ0n) is 30.1. The van der Waals surface area contributed by atoms with E-state index in [9.17, 15) is 0 Å². The Hall–Kier alpha value is -0.710. The van der Waals surface area contributed by atoms with Crippen molar-refractivity contribution in [1.29, 1.82) is 0 Å². The molecule has 0 aromatic carbocycles. The Labute approximate surface area is 276 Å². The molecule has 3 nitrogen and oxygen atoms in total. The van der Waals surface area contributed by atoms with Crippen LogP contribution in [0.25, 0.3) is 0 Å². The molecule has 0 radical (unpaired) electrons.